The average molecular weight is 280 g/mol. The quantitative estimate of drug-likeness (QED) is 0.798. The zero-order chi connectivity index (χ0) is 14.8. The molecule has 0 atom stereocenters. The Bertz CT molecular complexity index is 778. The van der Waals surface area contributed by atoms with Crippen molar-refractivity contribution in [1.82, 2.24) is 4.98 Å². The molecule has 1 amide bonds. The number of fused-ring (bicyclic) bond motifs is 1. The van der Waals surface area contributed by atoms with E-state index in [1.54, 1.807) is 19.1 Å². The van der Waals surface area contributed by atoms with Crippen LogP contribution in [0, 0.1) is 0 Å². The third-order valence-electron chi connectivity index (χ3n) is 3.51. The van der Waals surface area contributed by atoms with Crippen molar-refractivity contribution < 1.29 is 9.53 Å². The lowest BCUT2D eigenvalue weighted by Gasteiger charge is -2.16. The molecule has 0 aliphatic carbocycles. The number of nitrogens with zero attached hydrogens (tertiary/aromatic N) is 1. The molecular formula is C17H16N2O2. The van der Waals surface area contributed by atoms with E-state index >= 15 is 0 Å². The minimum absolute atomic E-state index is 0.0728. The topological polar surface area (TPSA) is 45.3 Å². The Balaban J connectivity index is 1.94. The highest BCUT2D eigenvalue weighted by Crippen LogP contribution is 2.23. The van der Waals surface area contributed by atoms with Crippen LogP contribution >= 0.6 is 0 Å². The molecular weight excluding hydrogens is 264 g/mol. The molecule has 0 aliphatic rings. The summed E-state index contributed by atoms with van der Waals surface area (Å²) in [5.74, 6) is 0.691. The second kappa shape index (κ2) is 5.32. The van der Waals surface area contributed by atoms with E-state index in [4.69, 9.17) is 4.74 Å². The zero-order valence-electron chi connectivity index (χ0n) is 12.0. The van der Waals surface area contributed by atoms with Crippen LogP contribution < -0.4 is 9.64 Å². The Morgan fingerprint density at radius 1 is 1.10 bits per heavy atom. The number of hydrogen-bond acceptors (Lipinski definition) is 2. The number of H-pyrrole nitrogens is 1. The molecule has 1 N–H and O–H groups in total. The Labute approximate surface area is 123 Å². The summed E-state index contributed by atoms with van der Waals surface area (Å²) in [5, 5.41) is 0.987. The molecule has 0 radical (unpaired) electrons. The Morgan fingerprint density at radius 3 is 2.57 bits per heavy atom. The zero-order valence-corrected chi connectivity index (χ0v) is 12.0. The SMILES string of the molecule is COc1ccc2cc(C(=O)N(C)c3ccccc3)[nH]c2c1. The van der Waals surface area contributed by atoms with Gasteiger partial charge in [-0.1, -0.05) is 18.2 Å². The van der Waals surface area contributed by atoms with E-state index in [2.05, 4.69) is 4.98 Å². The number of benzene rings is 2. The van der Waals surface area contributed by atoms with Crippen LogP contribution in [0.25, 0.3) is 10.9 Å². The van der Waals surface area contributed by atoms with Crippen LogP contribution in [0.3, 0.4) is 0 Å². The number of amides is 1. The highest BCUT2D eigenvalue weighted by Gasteiger charge is 2.15. The number of aromatic nitrogens is 1. The van der Waals surface area contributed by atoms with Crippen molar-refractivity contribution in [2.75, 3.05) is 19.1 Å². The van der Waals surface area contributed by atoms with E-state index in [0.29, 0.717) is 5.69 Å². The van der Waals surface area contributed by atoms with Crippen LogP contribution in [0.15, 0.2) is 54.6 Å². The molecule has 1 aromatic heterocycles. The number of aromatic amines is 1. The first-order chi connectivity index (χ1) is 10.2. The van der Waals surface area contributed by atoms with E-state index in [0.717, 1.165) is 22.3 Å². The number of methoxy groups -OCH3 is 1. The lowest BCUT2D eigenvalue weighted by atomic mass is 10.2. The van der Waals surface area contributed by atoms with Gasteiger partial charge >= 0.3 is 0 Å². The second-order valence-corrected chi connectivity index (χ2v) is 4.84. The van der Waals surface area contributed by atoms with Crippen molar-refractivity contribution in [3.8, 4) is 5.75 Å². The minimum Gasteiger partial charge on any atom is -0.497 e. The lowest BCUT2D eigenvalue weighted by molar-refractivity contribution is 0.0989. The lowest BCUT2D eigenvalue weighted by Crippen LogP contribution is -2.26. The molecule has 4 heteroatoms. The predicted octanol–water partition coefficient (Wildman–Crippen LogP) is 3.45. The van der Waals surface area contributed by atoms with Crippen molar-refractivity contribution in [2.24, 2.45) is 0 Å². The van der Waals surface area contributed by atoms with Gasteiger partial charge in [-0.3, -0.25) is 4.79 Å². The average Bonchev–Trinajstić information content (AvgIpc) is 2.97. The van der Waals surface area contributed by atoms with E-state index in [9.17, 15) is 4.79 Å². The standard InChI is InChI=1S/C17H16N2O2/c1-19(13-6-4-3-5-7-13)17(20)16-10-12-8-9-14(21-2)11-15(12)18-16/h3-11,18H,1-2H3. The molecule has 0 spiro atoms. The molecule has 2 aromatic carbocycles. The fourth-order valence-electron chi connectivity index (χ4n) is 2.30. The number of carbonyl (C=O) groups is 1. The molecule has 0 saturated heterocycles. The molecule has 3 rings (SSSR count). The van der Waals surface area contributed by atoms with Crippen LogP contribution in [-0.2, 0) is 0 Å². The molecule has 3 aromatic rings. The smallest absolute Gasteiger partial charge is 0.274 e. The summed E-state index contributed by atoms with van der Waals surface area (Å²) in [4.78, 5) is 17.3. The third kappa shape index (κ3) is 2.48. The fourth-order valence-corrected chi connectivity index (χ4v) is 2.30. The van der Waals surface area contributed by atoms with Gasteiger partial charge in [0.2, 0.25) is 0 Å². The summed E-state index contributed by atoms with van der Waals surface area (Å²) in [6, 6.07) is 17.1. The summed E-state index contributed by atoms with van der Waals surface area (Å²) < 4.78 is 5.19. The maximum Gasteiger partial charge on any atom is 0.274 e. The molecule has 0 bridgehead atoms. The van der Waals surface area contributed by atoms with Gasteiger partial charge in [0.25, 0.3) is 5.91 Å². The van der Waals surface area contributed by atoms with Gasteiger partial charge in [0.05, 0.1) is 7.11 Å². The number of anilines is 1. The third-order valence-corrected chi connectivity index (χ3v) is 3.51. The molecule has 0 fully saturated rings. The van der Waals surface area contributed by atoms with Crippen molar-refractivity contribution in [3.63, 3.8) is 0 Å². The number of ether oxygens (including phenoxy) is 1. The summed E-state index contributed by atoms with van der Waals surface area (Å²) in [6.45, 7) is 0. The molecule has 0 saturated carbocycles. The molecule has 106 valence electrons. The number of carbonyl (C=O) groups excluding carboxylic acids is 1. The summed E-state index contributed by atoms with van der Waals surface area (Å²) in [6.07, 6.45) is 0. The molecule has 0 unspecified atom stereocenters. The van der Waals surface area contributed by atoms with Gasteiger partial charge in [-0.05, 0) is 30.3 Å². The minimum atomic E-state index is -0.0728. The molecule has 1 heterocycles. The number of para-hydroxylation sites is 1. The maximum atomic E-state index is 12.5. The van der Waals surface area contributed by atoms with Crippen LogP contribution in [0.5, 0.6) is 5.75 Å². The van der Waals surface area contributed by atoms with E-state index in [1.807, 2.05) is 54.6 Å². The maximum absolute atomic E-state index is 12.5. The van der Waals surface area contributed by atoms with Gasteiger partial charge in [-0.2, -0.15) is 0 Å². The number of rotatable bonds is 3. The van der Waals surface area contributed by atoms with E-state index in [-0.39, 0.29) is 5.91 Å². The van der Waals surface area contributed by atoms with Gasteiger partial charge < -0.3 is 14.6 Å². The van der Waals surface area contributed by atoms with Gasteiger partial charge in [0.1, 0.15) is 11.4 Å². The largest absolute Gasteiger partial charge is 0.497 e. The van der Waals surface area contributed by atoms with Gasteiger partial charge in [-0.25, -0.2) is 0 Å². The summed E-state index contributed by atoms with van der Waals surface area (Å²) >= 11 is 0. The van der Waals surface area contributed by atoms with Crippen LogP contribution in [-0.4, -0.2) is 25.0 Å². The van der Waals surface area contributed by atoms with Crippen molar-refractivity contribution in [3.05, 3.63) is 60.3 Å². The number of hydrogen-bond donors (Lipinski definition) is 1. The monoisotopic (exact) mass is 280 g/mol. The van der Waals surface area contributed by atoms with E-state index in [1.165, 1.54) is 0 Å². The van der Waals surface area contributed by atoms with E-state index < -0.39 is 0 Å². The van der Waals surface area contributed by atoms with Crippen molar-refractivity contribution >= 4 is 22.5 Å². The summed E-state index contributed by atoms with van der Waals surface area (Å²) in [5.41, 5.74) is 2.31. The first kappa shape index (κ1) is 13.2. The van der Waals surface area contributed by atoms with Gasteiger partial charge in [-0.15, -0.1) is 0 Å². The highest BCUT2D eigenvalue weighted by atomic mass is 16.5. The van der Waals surface area contributed by atoms with Gasteiger partial charge in [0, 0.05) is 29.7 Å². The van der Waals surface area contributed by atoms with Gasteiger partial charge in [0.15, 0.2) is 0 Å². The molecule has 0 aliphatic heterocycles. The van der Waals surface area contributed by atoms with Crippen LogP contribution in [0.1, 0.15) is 10.5 Å². The number of nitrogens with one attached hydrogen (secondary N) is 1. The van der Waals surface area contributed by atoms with Crippen molar-refractivity contribution in [2.45, 2.75) is 0 Å². The fraction of sp³-hybridized carbons (Fsp3) is 0.118. The Kier molecular flexibility index (Phi) is 3.36. The second-order valence-electron chi connectivity index (χ2n) is 4.84. The van der Waals surface area contributed by atoms with Crippen LogP contribution in [0.2, 0.25) is 0 Å². The van der Waals surface area contributed by atoms with Crippen LogP contribution in [0.4, 0.5) is 5.69 Å². The highest BCUT2D eigenvalue weighted by molar-refractivity contribution is 6.07. The molecule has 4 nitrogen and oxygen atoms in total. The molecule has 21 heavy (non-hydrogen) atoms. The normalized spacial score (nSPS) is 10.6. The predicted molar refractivity (Wildman–Crippen MR) is 84.0 cm³/mol. The first-order valence-electron chi connectivity index (χ1n) is 6.69. The Morgan fingerprint density at radius 2 is 1.86 bits per heavy atom. The summed E-state index contributed by atoms with van der Waals surface area (Å²) in [7, 11) is 3.39. The van der Waals surface area contributed by atoms with Crippen molar-refractivity contribution in [1.29, 1.82) is 0 Å². The first-order valence-corrected chi connectivity index (χ1v) is 6.69. The Hall–Kier alpha value is -2.75.